The Balaban J connectivity index is 1.81. The Morgan fingerprint density at radius 1 is 0.971 bits per heavy atom. The molecule has 2 aromatic carbocycles. The van der Waals surface area contributed by atoms with Gasteiger partial charge in [0.15, 0.2) is 0 Å². The Morgan fingerprint density at radius 2 is 1.56 bits per heavy atom. The minimum absolute atomic E-state index is 0.0733. The Bertz CT molecular complexity index is 1260. The fourth-order valence-corrected chi connectivity index (χ4v) is 4.43. The topological polar surface area (TPSA) is 144 Å². The highest BCUT2D eigenvalue weighted by Gasteiger charge is 2.52. The van der Waals surface area contributed by atoms with Crippen LogP contribution < -0.4 is 0 Å². The molecule has 1 aliphatic carbocycles. The van der Waals surface area contributed by atoms with Crippen molar-refractivity contribution in [3.63, 3.8) is 0 Å². The number of fused-ring (bicyclic) bond motifs is 1. The normalized spacial score (nSPS) is 19.4. The van der Waals surface area contributed by atoms with E-state index < -0.39 is 51.6 Å². The number of rotatable bonds is 6. The predicted octanol–water partition coefficient (Wildman–Crippen LogP) is 3.40. The van der Waals surface area contributed by atoms with Crippen LogP contribution in [0.15, 0.2) is 60.2 Å². The van der Waals surface area contributed by atoms with Gasteiger partial charge in [-0.15, -0.1) is 0 Å². The first-order chi connectivity index (χ1) is 16.2. The number of nitrogens with zero attached hydrogens (tertiary/aromatic N) is 4. The number of hydrazine groups is 1. The van der Waals surface area contributed by atoms with Crippen molar-refractivity contribution in [1.82, 2.24) is 10.0 Å². The van der Waals surface area contributed by atoms with E-state index in [-0.39, 0.29) is 16.8 Å². The molecule has 0 aromatic heterocycles. The predicted molar refractivity (Wildman–Crippen MR) is 118 cm³/mol. The molecule has 11 nitrogen and oxygen atoms in total. The van der Waals surface area contributed by atoms with Crippen LogP contribution in [0.2, 0.25) is 0 Å². The maximum absolute atomic E-state index is 13.6. The van der Waals surface area contributed by atoms with Crippen molar-refractivity contribution in [3.05, 3.63) is 91.5 Å². The molecule has 4 rings (SSSR count). The van der Waals surface area contributed by atoms with Gasteiger partial charge in [-0.25, -0.2) is 5.01 Å². The van der Waals surface area contributed by atoms with Crippen LogP contribution in [0.3, 0.4) is 0 Å². The first kappa shape index (κ1) is 22.8. The molecule has 1 heterocycles. The lowest BCUT2D eigenvalue weighted by Crippen LogP contribution is -2.50. The van der Waals surface area contributed by atoms with Gasteiger partial charge < -0.3 is 0 Å². The van der Waals surface area contributed by atoms with Crippen LogP contribution in [0.1, 0.15) is 35.7 Å². The number of para-hydroxylation sites is 2. The lowest BCUT2D eigenvalue weighted by atomic mass is 9.82. The summed E-state index contributed by atoms with van der Waals surface area (Å²) in [4.78, 5) is 61.9. The molecule has 2 aliphatic rings. The summed E-state index contributed by atoms with van der Waals surface area (Å²) in [5.74, 6) is -3.51. The van der Waals surface area contributed by atoms with Crippen LogP contribution >= 0.6 is 0 Å². The van der Waals surface area contributed by atoms with E-state index in [1.807, 2.05) is 13.0 Å². The van der Waals surface area contributed by atoms with E-state index in [1.165, 1.54) is 42.5 Å². The maximum atomic E-state index is 13.6. The molecule has 0 unspecified atom stereocenters. The monoisotopic (exact) mass is 464 g/mol. The lowest BCUT2D eigenvalue weighted by Gasteiger charge is -2.30. The standard InChI is InChI=1S/C23H20N4O7/c1-14-10-11-16-18(12-14)23(30)25(22(16)29)24(13-15-6-2-4-8-19(15)26(31)32)21(28)17-7-3-5-9-20(17)27(33)34/h2-10,16,18H,11-13H2,1H3/t16-,18+/m0/s1. The molecule has 1 fully saturated rings. The summed E-state index contributed by atoms with van der Waals surface area (Å²) in [7, 11) is 0. The van der Waals surface area contributed by atoms with E-state index in [0.717, 1.165) is 21.7 Å². The molecule has 0 saturated carbocycles. The Labute approximate surface area is 193 Å². The summed E-state index contributed by atoms with van der Waals surface area (Å²) in [5, 5.41) is 24.6. The quantitative estimate of drug-likeness (QED) is 0.276. The number of amides is 3. The molecule has 1 saturated heterocycles. The first-order valence-corrected chi connectivity index (χ1v) is 10.5. The Kier molecular flexibility index (Phi) is 5.93. The molecule has 0 N–H and O–H groups in total. The molecule has 1 aliphatic heterocycles. The lowest BCUT2D eigenvalue weighted by molar-refractivity contribution is -0.385. The number of allylic oxidation sites excluding steroid dienone is 2. The summed E-state index contributed by atoms with van der Waals surface area (Å²) in [6.45, 7) is 1.35. The fraction of sp³-hybridized carbons (Fsp3) is 0.261. The van der Waals surface area contributed by atoms with Gasteiger partial charge in [0.2, 0.25) is 0 Å². The highest BCUT2D eigenvalue weighted by atomic mass is 16.6. The Morgan fingerprint density at radius 3 is 2.24 bits per heavy atom. The molecule has 174 valence electrons. The van der Waals surface area contributed by atoms with Crippen LogP contribution in [-0.2, 0) is 16.1 Å². The number of benzene rings is 2. The van der Waals surface area contributed by atoms with Gasteiger partial charge in [-0.2, -0.15) is 5.01 Å². The van der Waals surface area contributed by atoms with Crippen LogP contribution in [0.4, 0.5) is 11.4 Å². The smallest absolute Gasteiger partial charge is 0.272 e. The van der Waals surface area contributed by atoms with Crippen molar-refractivity contribution < 1.29 is 24.2 Å². The van der Waals surface area contributed by atoms with E-state index in [2.05, 4.69) is 0 Å². The molecule has 2 aromatic rings. The van der Waals surface area contributed by atoms with Gasteiger partial charge >= 0.3 is 0 Å². The van der Waals surface area contributed by atoms with Gasteiger partial charge in [-0.1, -0.05) is 42.0 Å². The zero-order chi connectivity index (χ0) is 24.6. The van der Waals surface area contributed by atoms with Crippen molar-refractivity contribution in [2.24, 2.45) is 11.8 Å². The second-order valence-electron chi connectivity index (χ2n) is 8.21. The number of nitro benzene ring substituents is 2. The minimum atomic E-state index is -0.976. The van der Waals surface area contributed by atoms with Crippen molar-refractivity contribution in [3.8, 4) is 0 Å². The zero-order valence-corrected chi connectivity index (χ0v) is 18.1. The zero-order valence-electron chi connectivity index (χ0n) is 18.1. The fourth-order valence-electron chi connectivity index (χ4n) is 4.43. The van der Waals surface area contributed by atoms with Crippen molar-refractivity contribution >= 4 is 29.1 Å². The van der Waals surface area contributed by atoms with Crippen molar-refractivity contribution in [1.29, 1.82) is 0 Å². The number of imide groups is 1. The van der Waals surface area contributed by atoms with Crippen molar-refractivity contribution in [2.45, 2.75) is 26.3 Å². The average molecular weight is 464 g/mol. The van der Waals surface area contributed by atoms with Gasteiger partial charge in [-0.05, 0) is 25.8 Å². The van der Waals surface area contributed by atoms with Crippen molar-refractivity contribution in [2.75, 3.05) is 0 Å². The van der Waals surface area contributed by atoms with E-state index in [4.69, 9.17) is 0 Å². The number of hydrogen-bond donors (Lipinski definition) is 0. The van der Waals surface area contributed by atoms with Crippen LogP contribution in [-0.4, -0.2) is 37.6 Å². The Hall–Kier alpha value is -4.41. The van der Waals surface area contributed by atoms with E-state index in [9.17, 15) is 34.6 Å². The summed E-state index contributed by atoms with van der Waals surface area (Å²) in [5.41, 5.74) is -0.134. The number of nitro groups is 2. The van der Waals surface area contributed by atoms with Gasteiger partial charge in [0.25, 0.3) is 29.1 Å². The van der Waals surface area contributed by atoms with Gasteiger partial charge in [0.05, 0.1) is 33.8 Å². The van der Waals surface area contributed by atoms with Crippen LogP contribution in [0, 0.1) is 32.1 Å². The van der Waals surface area contributed by atoms with Crippen LogP contribution in [0.25, 0.3) is 0 Å². The summed E-state index contributed by atoms with van der Waals surface area (Å²) >= 11 is 0. The highest BCUT2D eigenvalue weighted by molar-refractivity contribution is 6.08. The third kappa shape index (κ3) is 3.91. The first-order valence-electron chi connectivity index (χ1n) is 10.5. The summed E-state index contributed by atoms with van der Waals surface area (Å²) in [6, 6.07) is 10.8. The minimum Gasteiger partial charge on any atom is -0.272 e. The van der Waals surface area contributed by atoms with E-state index in [0.29, 0.717) is 12.8 Å². The molecule has 0 bridgehead atoms. The van der Waals surface area contributed by atoms with E-state index >= 15 is 0 Å². The van der Waals surface area contributed by atoms with E-state index in [1.54, 1.807) is 0 Å². The third-order valence-corrected chi connectivity index (χ3v) is 6.12. The third-order valence-electron chi connectivity index (χ3n) is 6.12. The average Bonchev–Trinajstić information content (AvgIpc) is 3.06. The molecule has 2 atom stereocenters. The maximum Gasteiger partial charge on any atom is 0.282 e. The molecule has 0 radical (unpaired) electrons. The molecule has 3 amide bonds. The summed E-state index contributed by atoms with van der Waals surface area (Å²) in [6.07, 6.45) is 2.55. The van der Waals surface area contributed by atoms with Gasteiger partial charge in [0.1, 0.15) is 5.56 Å². The molecule has 0 spiro atoms. The number of hydrogen-bond acceptors (Lipinski definition) is 7. The largest absolute Gasteiger partial charge is 0.282 e. The summed E-state index contributed by atoms with van der Waals surface area (Å²) < 4.78 is 0. The molecule has 11 heteroatoms. The number of carbonyl (C=O) groups is 3. The molecule has 34 heavy (non-hydrogen) atoms. The second kappa shape index (κ2) is 8.85. The van der Waals surface area contributed by atoms with Crippen LogP contribution in [0.5, 0.6) is 0 Å². The highest BCUT2D eigenvalue weighted by Crippen LogP contribution is 2.39. The molecular formula is C23H20N4O7. The molecular weight excluding hydrogens is 444 g/mol. The second-order valence-corrected chi connectivity index (χ2v) is 8.21. The van der Waals surface area contributed by atoms with Gasteiger partial charge in [0, 0.05) is 12.1 Å². The van der Waals surface area contributed by atoms with Gasteiger partial charge in [-0.3, -0.25) is 34.6 Å². The SMILES string of the molecule is CC1=CC[C@@H]2C(=O)N(N(Cc3ccccc3[N+](=O)[O-])C(=O)c3ccccc3[N+](=O)[O-])C(=O)[C@@H]2C1. The number of carbonyl (C=O) groups excluding carboxylic acids is 3.